The summed E-state index contributed by atoms with van der Waals surface area (Å²) in [6, 6.07) is 5.34. The lowest BCUT2D eigenvalue weighted by atomic mass is 10.2. The fraction of sp³-hybridized carbons (Fsp3) is 0.0833. The minimum absolute atomic E-state index is 0.259. The maximum Gasteiger partial charge on any atom is 0.272 e. The fourth-order valence-electron chi connectivity index (χ4n) is 1.69. The van der Waals surface area contributed by atoms with Crippen LogP contribution in [0.15, 0.2) is 41.3 Å². The quantitative estimate of drug-likeness (QED) is 0.728. The first-order valence-electron chi connectivity index (χ1n) is 5.43. The first-order chi connectivity index (χ1) is 8.84. The van der Waals surface area contributed by atoms with Gasteiger partial charge in [-0.05, 0) is 18.2 Å². The van der Waals surface area contributed by atoms with Gasteiger partial charge in [-0.2, -0.15) is 5.10 Å². The predicted octanol–water partition coefficient (Wildman–Crippen LogP) is 1.48. The topological polar surface area (TPSA) is 83.8 Å². The van der Waals surface area contributed by atoms with Crippen molar-refractivity contribution in [3.05, 3.63) is 48.3 Å². The third-order valence-electron chi connectivity index (χ3n) is 2.58. The van der Waals surface area contributed by atoms with Gasteiger partial charge in [-0.15, -0.1) is 0 Å². The Labute approximate surface area is 102 Å². The van der Waals surface area contributed by atoms with Crippen molar-refractivity contribution in [3.63, 3.8) is 0 Å². The Balaban J connectivity index is 1.80. The summed E-state index contributed by atoms with van der Waals surface area (Å²) in [6.07, 6.45) is 4.82. The lowest BCUT2D eigenvalue weighted by Crippen LogP contribution is -2.23. The SMILES string of the molecule is O=C(NCc1ccco1)c1n[nH]c2ccncc12. The Morgan fingerprint density at radius 2 is 2.39 bits per heavy atom. The van der Waals surface area contributed by atoms with Gasteiger partial charge in [0, 0.05) is 12.4 Å². The zero-order valence-electron chi connectivity index (χ0n) is 9.38. The highest BCUT2D eigenvalue weighted by Crippen LogP contribution is 2.13. The number of fused-ring (bicyclic) bond motifs is 1. The van der Waals surface area contributed by atoms with E-state index in [0.717, 1.165) is 5.52 Å². The molecule has 3 aromatic heterocycles. The smallest absolute Gasteiger partial charge is 0.272 e. The molecule has 6 heteroatoms. The van der Waals surface area contributed by atoms with Gasteiger partial charge in [-0.1, -0.05) is 0 Å². The van der Waals surface area contributed by atoms with Crippen molar-refractivity contribution in [3.8, 4) is 0 Å². The van der Waals surface area contributed by atoms with E-state index in [0.29, 0.717) is 23.4 Å². The minimum atomic E-state index is -0.259. The van der Waals surface area contributed by atoms with Crippen molar-refractivity contribution < 1.29 is 9.21 Å². The molecule has 3 rings (SSSR count). The van der Waals surface area contributed by atoms with Crippen molar-refractivity contribution in [1.29, 1.82) is 0 Å². The monoisotopic (exact) mass is 242 g/mol. The van der Waals surface area contributed by atoms with Crippen LogP contribution in [0.2, 0.25) is 0 Å². The van der Waals surface area contributed by atoms with Gasteiger partial charge in [0.15, 0.2) is 5.69 Å². The van der Waals surface area contributed by atoms with E-state index in [1.165, 1.54) is 0 Å². The van der Waals surface area contributed by atoms with Crippen LogP contribution in [0, 0.1) is 0 Å². The first kappa shape index (κ1) is 10.5. The molecule has 90 valence electrons. The predicted molar refractivity (Wildman–Crippen MR) is 63.8 cm³/mol. The molecule has 2 N–H and O–H groups in total. The van der Waals surface area contributed by atoms with Gasteiger partial charge in [0.25, 0.3) is 5.91 Å². The molecule has 0 saturated heterocycles. The zero-order valence-corrected chi connectivity index (χ0v) is 9.38. The van der Waals surface area contributed by atoms with Gasteiger partial charge in [-0.25, -0.2) is 0 Å². The van der Waals surface area contributed by atoms with Gasteiger partial charge in [0.2, 0.25) is 0 Å². The van der Waals surface area contributed by atoms with Crippen LogP contribution >= 0.6 is 0 Å². The van der Waals surface area contributed by atoms with E-state index in [9.17, 15) is 4.79 Å². The Morgan fingerprint density at radius 3 is 3.22 bits per heavy atom. The number of amides is 1. The van der Waals surface area contributed by atoms with Crippen LogP contribution in [0.1, 0.15) is 16.2 Å². The molecule has 3 heterocycles. The Hall–Kier alpha value is -2.63. The Bertz CT molecular complexity index is 672. The number of furan rings is 1. The van der Waals surface area contributed by atoms with Crippen LogP contribution in [-0.4, -0.2) is 21.1 Å². The van der Waals surface area contributed by atoms with Gasteiger partial charge in [0.1, 0.15) is 5.76 Å². The average molecular weight is 242 g/mol. The molecule has 6 nitrogen and oxygen atoms in total. The number of carbonyl (C=O) groups is 1. The molecule has 0 spiro atoms. The fourth-order valence-corrected chi connectivity index (χ4v) is 1.69. The molecule has 0 bridgehead atoms. The van der Waals surface area contributed by atoms with E-state index in [1.807, 2.05) is 0 Å². The molecular formula is C12H10N4O2. The summed E-state index contributed by atoms with van der Waals surface area (Å²) in [7, 11) is 0. The van der Waals surface area contributed by atoms with Crippen LogP contribution in [0.4, 0.5) is 0 Å². The molecule has 0 aromatic carbocycles. The highest BCUT2D eigenvalue weighted by atomic mass is 16.3. The van der Waals surface area contributed by atoms with Crippen molar-refractivity contribution in [2.75, 3.05) is 0 Å². The molecule has 3 aromatic rings. The number of nitrogens with one attached hydrogen (secondary N) is 2. The number of hydrogen-bond acceptors (Lipinski definition) is 4. The van der Waals surface area contributed by atoms with Crippen molar-refractivity contribution in [2.24, 2.45) is 0 Å². The summed E-state index contributed by atoms with van der Waals surface area (Å²) in [5.41, 5.74) is 1.12. The third-order valence-corrected chi connectivity index (χ3v) is 2.58. The summed E-state index contributed by atoms with van der Waals surface area (Å²) in [5, 5.41) is 10.2. The molecule has 0 aliphatic rings. The third kappa shape index (κ3) is 1.84. The van der Waals surface area contributed by atoms with Crippen LogP contribution in [-0.2, 0) is 6.54 Å². The van der Waals surface area contributed by atoms with Crippen molar-refractivity contribution >= 4 is 16.8 Å². The lowest BCUT2D eigenvalue weighted by molar-refractivity contribution is 0.0944. The number of H-pyrrole nitrogens is 1. The van der Waals surface area contributed by atoms with E-state index in [4.69, 9.17) is 4.42 Å². The standard InChI is InChI=1S/C12H10N4O2/c17-12(14-6-8-2-1-5-18-8)11-9-7-13-4-3-10(9)15-16-11/h1-5,7H,6H2,(H,14,17)(H,15,16). The molecule has 0 radical (unpaired) electrons. The molecule has 1 amide bonds. The molecule has 0 aliphatic carbocycles. The Morgan fingerprint density at radius 1 is 1.44 bits per heavy atom. The van der Waals surface area contributed by atoms with E-state index in [1.54, 1.807) is 36.9 Å². The van der Waals surface area contributed by atoms with Crippen molar-refractivity contribution in [1.82, 2.24) is 20.5 Å². The van der Waals surface area contributed by atoms with Crippen LogP contribution in [0.25, 0.3) is 10.9 Å². The summed E-state index contributed by atoms with van der Waals surface area (Å²) in [5.74, 6) is 0.437. The lowest BCUT2D eigenvalue weighted by Gasteiger charge is -2.00. The van der Waals surface area contributed by atoms with E-state index >= 15 is 0 Å². The number of hydrogen-bond donors (Lipinski definition) is 2. The number of rotatable bonds is 3. The largest absolute Gasteiger partial charge is 0.467 e. The second-order valence-electron chi connectivity index (χ2n) is 3.76. The summed E-state index contributed by atoms with van der Waals surface area (Å²) in [6.45, 7) is 0.334. The minimum Gasteiger partial charge on any atom is -0.467 e. The maximum atomic E-state index is 12.0. The van der Waals surface area contributed by atoms with Crippen LogP contribution < -0.4 is 5.32 Å². The number of aromatic amines is 1. The molecule has 0 fully saturated rings. The van der Waals surface area contributed by atoms with E-state index < -0.39 is 0 Å². The molecule has 0 atom stereocenters. The number of aromatic nitrogens is 3. The molecule has 0 unspecified atom stereocenters. The van der Waals surface area contributed by atoms with Gasteiger partial charge in [0.05, 0.1) is 23.7 Å². The second-order valence-corrected chi connectivity index (χ2v) is 3.76. The van der Waals surface area contributed by atoms with E-state index in [2.05, 4.69) is 20.5 Å². The van der Waals surface area contributed by atoms with E-state index in [-0.39, 0.29) is 5.91 Å². The molecular weight excluding hydrogens is 232 g/mol. The molecule has 0 saturated carbocycles. The van der Waals surface area contributed by atoms with Crippen LogP contribution in [0.5, 0.6) is 0 Å². The average Bonchev–Trinajstić information content (AvgIpc) is 3.05. The van der Waals surface area contributed by atoms with Crippen molar-refractivity contribution in [2.45, 2.75) is 6.54 Å². The highest BCUT2D eigenvalue weighted by molar-refractivity contribution is 6.04. The number of nitrogens with zero attached hydrogens (tertiary/aromatic N) is 2. The Kier molecular flexibility index (Phi) is 2.53. The number of carbonyl (C=O) groups excluding carboxylic acids is 1. The molecule has 0 aliphatic heterocycles. The van der Waals surface area contributed by atoms with Gasteiger partial charge >= 0.3 is 0 Å². The zero-order chi connectivity index (χ0) is 12.4. The summed E-state index contributed by atoms with van der Waals surface area (Å²) in [4.78, 5) is 15.9. The van der Waals surface area contributed by atoms with Crippen LogP contribution in [0.3, 0.4) is 0 Å². The van der Waals surface area contributed by atoms with Gasteiger partial charge in [-0.3, -0.25) is 14.9 Å². The van der Waals surface area contributed by atoms with Gasteiger partial charge < -0.3 is 9.73 Å². The first-order valence-corrected chi connectivity index (χ1v) is 5.43. The summed E-state index contributed by atoms with van der Waals surface area (Å²) >= 11 is 0. The normalized spacial score (nSPS) is 10.7. The second kappa shape index (κ2) is 4.33. The molecule has 18 heavy (non-hydrogen) atoms. The highest BCUT2D eigenvalue weighted by Gasteiger charge is 2.13. The number of pyridine rings is 1. The maximum absolute atomic E-state index is 12.0. The summed E-state index contributed by atoms with van der Waals surface area (Å²) < 4.78 is 5.13.